The third kappa shape index (κ3) is 2.37. The minimum Gasteiger partial charge on any atom is -0.497 e. The Morgan fingerprint density at radius 3 is 2.29 bits per heavy atom. The van der Waals surface area contributed by atoms with Crippen molar-refractivity contribution in [3.8, 4) is 5.75 Å². The number of rotatable bonds is 2. The number of benzene rings is 1. The largest absolute Gasteiger partial charge is 0.497 e. The van der Waals surface area contributed by atoms with Crippen molar-refractivity contribution in [1.29, 1.82) is 0 Å². The van der Waals surface area contributed by atoms with Gasteiger partial charge in [0.2, 0.25) is 11.8 Å². The summed E-state index contributed by atoms with van der Waals surface area (Å²) in [6, 6.07) is 5.03. The molecular weight excluding hydrogens is 268 g/mol. The van der Waals surface area contributed by atoms with E-state index in [9.17, 15) is 9.59 Å². The van der Waals surface area contributed by atoms with Crippen LogP contribution in [0.2, 0.25) is 0 Å². The molecule has 1 aliphatic carbocycles. The number of hydrogen-bond acceptors (Lipinski definition) is 4. The number of carbonyl (C=O) groups is 2. The fourth-order valence-electron chi connectivity index (χ4n) is 3.61. The van der Waals surface area contributed by atoms with Crippen LogP contribution in [0.3, 0.4) is 0 Å². The van der Waals surface area contributed by atoms with Gasteiger partial charge in [-0.05, 0) is 30.4 Å². The molecule has 1 spiro atoms. The van der Waals surface area contributed by atoms with Crippen molar-refractivity contribution in [3.63, 3.8) is 0 Å². The number of nitrogens with zero attached hydrogens (tertiary/aromatic N) is 1. The van der Waals surface area contributed by atoms with Crippen molar-refractivity contribution in [1.82, 2.24) is 0 Å². The maximum Gasteiger partial charge on any atom is 0.234 e. The molecule has 1 aromatic rings. The zero-order chi connectivity index (χ0) is 15.0. The summed E-state index contributed by atoms with van der Waals surface area (Å²) in [6.07, 6.45) is 5.09. The molecule has 0 radical (unpaired) electrons. The summed E-state index contributed by atoms with van der Waals surface area (Å²) in [7, 11) is 1.55. The monoisotopic (exact) mass is 288 g/mol. The summed E-state index contributed by atoms with van der Waals surface area (Å²) < 4.78 is 5.10. The van der Waals surface area contributed by atoms with Crippen molar-refractivity contribution in [2.45, 2.75) is 38.5 Å². The third-order valence-electron chi connectivity index (χ3n) is 4.69. The first-order valence-corrected chi connectivity index (χ1v) is 7.34. The average molecular weight is 288 g/mol. The summed E-state index contributed by atoms with van der Waals surface area (Å²) in [5.41, 5.74) is 6.74. The van der Waals surface area contributed by atoms with Crippen molar-refractivity contribution in [2.75, 3.05) is 17.7 Å². The predicted molar refractivity (Wildman–Crippen MR) is 80.0 cm³/mol. The lowest BCUT2D eigenvalue weighted by atomic mass is 9.76. The number of ether oxygens (including phenoxy) is 1. The van der Waals surface area contributed by atoms with E-state index in [4.69, 9.17) is 10.5 Å². The highest BCUT2D eigenvalue weighted by Crippen LogP contribution is 2.48. The topological polar surface area (TPSA) is 72.6 Å². The smallest absolute Gasteiger partial charge is 0.234 e. The molecule has 21 heavy (non-hydrogen) atoms. The molecule has 5 heteroatoms. The van der Waals surface area contributed by atoms with Crippen LogP contribution >= 0.6 is 0 Å². The molecule has 1 heterocycles. The fourth-order valence-corrected chi connectivity index (χ4v) is 3.61. The zero-order valence-corrected chi connectivity index (χ0v) is 12.2. The second-order valence-electron chi connectivity index (χ2n) is 6.11. The number of piperidine rings is 1. The van der Waals surface area contributed by atoms with E-state index in [-0.39, 0.29) is 17.2 Å². The van der Waals surface area contributed by atoms with E-state index in [1.165, 1.54) is 4.90 Å². The van der Waals surface area contributed by atoms with E-state index < -0.39 is 0 Å². The van der Waals surface area contributed by atoms with E-state index in [0.29, 0.717) is 30.0 Å². The van der Waals surface area contributed by atoms with E-state index in [2.05, 4.69) is 0 Å². The van der Waals surface area contributed by atoms with Gasteiger partial charge in [0.25, 0.3) is 0 Å². The number of nitrogens with two attached hydrogens (primary N) is 1. The third-order valence-corrected chi connectivity index (χ3v) is 4.69. The molecule has 0 aromatic heterocycles. The molecule has 2 fully saturated rings. The number of nitrogen functional groups attached to an aromatic ring is 1. The number of methoxy groups -OCH3 is 1. The molecule has 2 amide bonds. The molecule has 2 aliphatic rings. The molecule has 5 nitrogen and oxygen atoms in total. The zero-order valence-electron chi connectivity index (χ0n) is 12.2. The Morgan fingerprint density at radius 2 is 1.76 bits per heavy atom. The van der Waals surface area contributed by atoms with Gasteiger partial charge >= 0.3 is 0 Å². The Bertz CT molecular complexity index is 571. The lowest BCUT2D eigenvalue weighted by molar-refractivity contribution is -0.133. The summed E-state index contributed by atoms with van der Waals surface area (Å²) in [4.78, 5) is 26.2. The van der Waals surface area contributed by atoms with Crippen LogP contribution in [0.4, 0.5) is 11.4 Å². The van der Waals surface area contributed by atoms with E-state index in [1.807, 2.05) is 0 Å². The van der Waals surface area contributed by atoms with Crippen LogP contribution in [0.15, 0.2) is 18.2 Å². The van der Waals surface area contributed by atoms with Crippen molar-refractivity contribution in [3.05, 3.63) is 18.2 Å². The fraction of sp³-hybridized carbons (Fsp3) is 0.500. The van der Waals surface area contributed by atoms with E-state index in [1.54, 1.807) is 25.3 Å². The second-order valence-corrected chi connectivity index (χ2v) is 6.11. The Morgan fingerprint density at radius 1 is 1.14 bits per heavy atom. The standard InChI is InChI=1S/C16H20N2O3/c1-21-11-4-5-13(12(17)8-11)18-14(19)9-16(10-15(18)20)6-2-3-7-16/h4-5,8H,2-3,6-7,9-10,17H2,1H3. The minimum absolute atomic E-state index is 0.0914. The minimum atomic E-state index is -0.134. The summed E-state index contributed by atoms with van der Waals surface area (Å²) in [5, 5.41) is 0. The van der Waals surface area contributed by atoms with Gasteiger partial charge in [0.15, 0.2) is 0 Å². The van der Waals surface area contributed by atoms with Crippen molar-refractivity contribution < 1.29 is 14.3 Å². The van der Waals surface area contributed by atoms with Gasteiger partial charge in [-0.15, -0.1) is 0 Å². The Hall–Kier alpha value is -2.04. The number of imide groups is 1. The molecule has 1 saturated heterocycles. The average Bonchev–Trinajstić information content (AvgIpc) is 2.87. The van der Waals surface area contributed by atoms with Crippen molar-refractivity contribution >= 4 is 23.2 Å². The first kappa shape index (κ1) is 13.9. The van der Waals surface area contributed by atoms with Crippen LogP contribution in [0.25, 0.3) is 0 Å². The molecular formula is C16H20N2O3. The molecule has 2 N–H and O–H groups in total. The van der Waals surface area contributed by atoms with Gasteiger partial charge < -0.3 is 10.5 Å². The van der Waals surface area contributed by atoms with Gasteiger partial charge in [0.1, 0.15) is 5.75 Å². The van der Waals surface area contributed by atoms with Crippen LogP contribution in [0, 0.1) is 5.41 Å². The summed E-state index contributed by atoms with van der Waals surface area (Å²) >= 11 is 0. The highest BCUT2D eigenvalue weighted by atomic mass is 16.5. The molecule has 112 valence electrons. The van der Waals surface area contributed by atoms with Gasteiger partial charge in [-0.2, -0.15) is 0 Å². The van der Waals surface area contributed by atoms with Crippen LogP contribution < -0.4 is 15.4 Å². The Balaban J connectivity index is 1.89. The molecule has 3 rings (SSSR count). The molecule has 0 unspecified atom stereocenters. The highest BCUT2D eigenvalue weighted by Gasteiger charge is 2.45. The van der Waals surface area contributed by atoms with Crippen LogP contribution in [-0.2, 0) is 9.59 Å². The van der Waals surface area contributed by atoms with E-state index in [0.717, 1.165) is 25.7 Å². The summed E-state index contributed by atoms with van der Waals surface area (Å²) in [6.45, 7) is 0. The molecule has 0 bridgehead atoms. The number of carbonyl (C=O) groups excluding carboxylic acids is 2. The van der Waals surface area contributed by atoms with Crippen LogP contribution in [0.1, 0.15) is 38.5 Å². The normalized spacial score (nSPS) is 21.1. The van der Waals surface area contributed by atoms with Gasteiger partial charge in [0, 0.05) is 18.9 Å². The van der Waals surface area contributed by atoms with Crippen molar-refractivity contribution in [2.24, 2.45) is 5.41 Å². The molecule has 1 saturated carbocycles. The Labute approximate surface area is 124 Å². The quantitative estimate of drug-likeness (QED) is 0.670. The second kappa shape index (κ2) is 5.06. The Kier molecular flexibility index (Phi) is 3.35. The summed E-state index contributed by atoms with van der Waals surface area (Å²) in [5.74, 6) is 0.343. The van der Waals surface area contributed by atoms with Gasteiger partial charge in [-0.3, -0.25) is 9.59 Å². The molecule has 1 aliphatic heterocycles. The van der Waals surface area contributed by atoms with Crippen LogP contribution in [-0.4, -0.2) is 18.9 Å². The maximum atomic E-state index is 12.5. The lowest BCUT2D eigenvalue weighted by Gasteiger charge is -2.37. The van der Waals surface area contributed by atoms with Crippen LogP contribution in [0.5, 0.6) is 5.75 Å². The molecule has 1 aromatic carbocycles. The first-order valence-electron chi connectivity index (χ1n) is 7.34. The first-order chi connectivity index (χ1) is 10.0. The lowest BCUT2D eigenvalue weighted by Crippen LogP contribution is -2.47. The predicted octanol–water partition coefficient (Wildman–Crippen LogP) is 2.49. The molecule has 0 atom stereocenters. The number of amides is 2. The highest BCUT2D eigenvalue weighted by molar-refractivity contribution is 6.18. The van der Waals surface area contributed by atoms with Gasteiger partial charge in [0.05, 0.1) is 18.5 Å². The van der Waals surface area contributed by atoms with Gasteiger partial charge in [-0.1, -0.05) is 12.8 Å². The van der Waals surface area contributed by atoms with Gasteiger partial charge in [-0.25, -0.2) is 4.90 Å². The van der Waals surface area contributed by atoms with E-state index >= 15 is 0 Å². The number of anilines is 2. The maximum absolute atomic E-state index is 12.5. The number of hydrogen-bond donors (Lipinski definition) is 1. The SMILES string of the molecule is COc1ccc(N2C(=O)CC3(CCCC3)CC2=O)c(N)c1.